The number of aliphatic hydroxyl groups is 1. The lowest BCUT2D eigenvalue weighted by molar-refractivity contribution is -0.121. The molecule has 2 N–H and O–H groups in total. The van der Waals surface area contributed by atoms with E-state index in [-0.39, 0.29) is 12.3 Å². The number of hydrazone groups is 1. The fourth-order valence-electron chi connectivity index (χ4n) is 3.91. The first-order valence-electron chi connectivity index (χ1n) is 11.6. The summed E-state index contributed by atoms with van der Waals surface area (Å²) in [6.45, 7) is 3.25. The van der Waals surface area contributed by atoms with E-state index >= 15 is 0 Å². The molecule has 0 bridgehead atoms. The molecule has 0 saturated carbocycles. The Morgan fingerprint density at radius 2 is 1.86 bits per heavy atom. The number of aromatic nitrogens is 1. The molecule has 1 heterocycles. The number of halogens is 1. The van der Waals surface area contributed by atoms with Crippen molar-refractivity contribution in [3.63, 3.8) is 0 Å². The van der Waals surface area contributed by atoms with Crippen LogP contribution in [0.1, 0.15) is 42.6 Å². The van der Waals surface area contributed by atoms with E-state index in [1.807, 2.05) is 67.7 Å². The fraction of sp³-hybridized carbons (Fsp3) is 0.214. The van der Waals surface area contributed by atoms with E-state index in [9.17, 15) is 9.90 Å². The summed E-state index contributed by atoms with van der Waals surface area (Å²) < 4.78 is 8.64. The first-order valence-corrected chi connectivity index (χ1v) is 12.4. The van der Waals surface area contributed by atoms with E-state index in [2.05, 4.69) is 49.2 Å². The number of nitrogens with zero attached hydrogens (tertiary/aromatic N) is 2. The zero-order valence-corrected chi connectivity index (χ0v) is 21.1. The van der Waals surface area contributed by atoms with Crippen LogP contribution in [-0.4, -0.2) is 28.4 Å². The second-order valence-corrected chi connectivity index (χ2v) is 9.12. The Morgan fingerprint density at radius 1 is 1.11 bits per heavy atom. The number of hydrogen-bond acceptors (Lipinski definition) is 4. The number of ether oxygens (including phenoxy) is 1. The molecule has 3 aromatic carbocycles. The van der Waals surface area contributed by atoms with Gasteiger partial charge in [-0.25, -0.2) is 5.43 Å². The van der Waals surface area contributed by atoms with Gasteiger partial charge < -0.3 is 14.4 Å². The van der Waals surface area contributed by atoms with Gasteiger partial charge in [0.05, 0.1) is 18.9 Å². The Kier molecular flexibility index (Phi) is 8.34. The average Bonchev–Trinajstić information content (AvgIpc) is 3.22. The number of carbonyl (C=O) groups is 1. The highest BCUT2D eigenvalue weighted by Crippen LogP contribution is 2.23. The van der Waals surface area contributed by atoms with Gasteiger partial charge in [0.1, 0.15) is 5.75 Å². The standard InChI is InChI=1S/C28H28BrN3O3/c1-2-35-24-13-9-21(10-14-24)27(33)15-16-28(34)31-30-17-22-19-32(26-6-4-3-5-25(22)26)18-20-7-11-23(29)12-8-20/h3-14,17,19,27,33H,2,15-16,18H2,1H3,(H,31,34)/b30-17-/t27-/m0/s1. The molecule has 4 aromatic rings. The van der Waals surface area contributed by atoms with Crippen LogP contribution in [0, 0.1) is 0 Å². The highest BCUT2D eigenvalue weighted by atomic mass is 79.9. The number of carbonyl (C=O) groups excluding carboxylic acids is 1. The smallest absolute Gasteiger partial charge is 0.240 e. The molecule has 0 aliphatic rings. The number of benzene rings is 3. The number of amides is 1. The molecule has 0 fully saturated rings. The maximum absolute atomic E-state index is 12.3. The van der Waals surface area contributed by atoms with Crippen LogP contribution in [0.15, 0.2) is 88.6 Å². The molecule has 0 saturated heterocycles. The molecule has 1 amide bonds. The van der Waals surface area contributed by atoms with Crippen LogP contribution in [-0.2, 0) is 11.3 Å². The van der Waals surface area contributed by atoms with E-state index in [4.69, 9.17) is 4.74 Å². The van der Waals surface area contributed by atoms with Crippen molar-refractivity contribution >= 4 is 39.0 Å². The van der Waals surface area contributed by atoms with Gasteiger partial charge in [0, 0.05) is 40.1 Å². The van der Waals surface area contributed by atoms with E-state index in [1.165, 1.54) is 5.56 Å². The molecule has 4 rings (SSSR count). The van der Waals surface area contributed by atoms with Crippen molar-refractivity contribution in [2.24, 2.45) is 5.10 Å². The molecule has 180 valence electrons. The van der Waals surface area contributed by atoms with E-state index in [0.717, 1.165) is 38.8 Å². The van der Waals surface area contributed by atoms with Gasteiger partial charge >= 0.3 is 0 Å². The van der Waals surface area contributed by atoms with Crippen LogP contribution in [0.3, 0.4) is 0 Å². The van der Waals surface area contributed by atoms with Crippen molar-refractivity contribution in [3.8, 4) is 5.75 Å². The predicted molar refractivity (Wildman–Crippen MR) is 143 cm³/mol. The third-order valence-electron chi connectivity index (χ3n) is 5.70. The number of fused-ring (bicyclic) bond motifs is 1. The molecule has 35 heavy (non-hydrogen) atoms. The van der Waals surface area contributed by atoms with Crippen LogP contribution >= 0.6 is 15.9 Å². The van der Waals surface area contributed by atoms with Crippen molar-refractivity contribution in [1.82, 2.24) is 9.99 Å². The maximum atomic E-state index is 12.3. The van der Waals surface area contributed by atoms with Gasteiger partial charge in [-0.3, -0.25) is 4.79 Å². The van der Waals surface area contributed by atoms with Crippen LogP contribution in [0.25, 0.3) is 10.9 Å². The third-order valence-corrected chi connectivity index (χ3v) is 6.23. The molecular formula is C28H28BrN3O3. The van der Waals surface area contributed by atoms with Crippen LogP contribution in [0.4, 0.5) is 0 Å². The van der Waals surface area contributed by atoms with Crippen LogP contribution in [0.5, 0.6) is 5.75 Å². The number of para-hydroxylation sites is 1. The Hall–Kier alpha value is -3.42. The van der Waals surface area contributed by atoms with E-state index in [1.54, 1.807) is 6.21 Å². The van der Waals surface area contributed by atoms with Crippen molar-refractivity contribution < 1.29 is 14.6 Å². The normalized spacial score (nSPS) is 12.2. The lowest BCUT2D eigenvalue weighted by Crippen LogP contribution is -2.18. The topological polar surface area (TPSA) is 75.8 Å². The van der Waals surface area contributed by atoms with Crippen LogP contribution < -0.4 is 10.2 Å². The zero-order valence-electron chi connectivity index (χ0n) is 19.5. The number of rotatable bonds is 10. The molecular weight excluding hydrogens is 506 g/mol. The summed E-state index contributed by atoms with van der Waals surface area (Å²) in [5, 5.41) is 15.6. The molecule has 7 heteroatoms. The largest absolute Gasteiger partial charge is 0.494 e. The Balaban J connectivity index is 1.35. The van der Waals surface area contributed by atoms with Gasteiger partial charge in [-0.2, -0.15) is 5.10 Å². The molecule has 6 nitrogen and oxygen atoms in total. The van der Waals surface area contributed by atoms with E-state index in [0.29, 0.717) is 13.0 Å². The number of hydrogen-bond donors (Lipinski definition) is 2. The fourth-order valence-corrected chi connectivity index (χ4v) is 4.18. The summed E-state index contributed by atoms with van der Waals surface area (Å²) >= 11 is 3.48. The highest BCUT2D eigenvalue weighted by molar-refractivity contribution is 9.10. The van der Waals surface area contributed by atoms with Gasteiger partial charge in [0.25, 0.3) is 0 Å². The number of aliphatic hydroxyl groups excluding tert-OH is 1. The first-order chi connectivity index (χ1) is 17.0. The summed E-state index contributed by atoms with van der Waals surface area (Å²) in [5.41, 5.74) is 6.55. The minimum atomic E-state index is -0.725. The molecule has 1 atom stereocenters. The molecule has 0 aliphatic carbocycles. The molecule has 0 unspecified atom stereocenters. The first kappa shape index (κ1) is 24.7. The van der Waals surface area contributed by atoms with Gasteiger partial charge in [-0.1, -0.05) is 58.4 Å². The molecule has 0 spiro atoms. The lowest BCUT2D eigenvalue weighted by Gasteiger charge is -2.11. The minimum absolute atomic E-state index is 0.164. The van der Waals surface area contributed by atoms with Gasteiger partial charge in [0.2, 0.25) is 5.91 Å². The summed E-state index contributed by atoms with van der Waals surface area (Å²) in [6.07, 6.45) is 3.45. The van der Waals surface area contributed by atoms with Crippen molar-refractivity contribution in [2.75, 3.05) is 6.61 Å². The minimum Gasteiger partial charge on any atom is -0.494 e. The number of nitrogens with one attached hydrogen (secondary N) is 1. The lowest BCUT2D eigenvalue weighted by atomic mass is 10.0. The average molecular weight is 534 g/mol. The van der Waals surface area contributed by atoms with Crippen molar-refractivity contribution in [2.45, 2.75) is 32.4 Å². The van der Waals surface area contributed by atoms with Gasteiger partial charge in [-0.05, 0) is 54.8 Å². The maximum Gasteiger partial charge on any atom is 0.240 e. The second-order valence-electron chi connectivity index (χ2n) is 8.21. The van der Waals surface area contributed by atoms with Crippen molar-refractivity contribution in [3.05, 3.63) is 100 Å². The summed E-state index contributed by atoms with van der Waals surface area (Å²) in [4.78, 5) is 12.3. The highest BCUT2D eigenvalue weighted by Gasteiger charge is 2.11. The van der Waals surface area contributed by atoms with Gasteiger partial charge in [0.15, 0.2) is 0 Å². The molecule has 0 radical (unpaired) electrons. The van der Waals surface area contributed by atoms with Crippen molar-refractivity contribution in [1.29, 1.82) is 0 Å². The van der Waals surface area contributed by atoms with E-state index < -0.39 is 6.10 Å². The van der Waals surface area contributed by atoms with Gasteiger partial charge in [-0.15, -0.1) is 0 Å². The monoisotopic (exact) mass is 533 g/mol. The van der Waals surface area contributed by atoms with Crippen LogP contribution in [0.2, 0.25) is 0 Å². The SMILES string of the molecule is CCOc1ccc([C@@H](O)CCC(=O)N/N=C\c2cn(Cc3ccc(Br)cc3)c3ccccc23)cc1. The predicted octanol–water partition coefficient (Wildman–Crippen LogP) is 5.81. The molecule has 1 aromatic heterocycles. The quantitative estimate of drug-likeness (QED) is 0.199. The summed E-state index contributed by atoms with van der Waals surface area (Å²) in [7, 11) is 0. The molecule has 0 aliphatic heterocycles. The second kappa shape index (κ2) is 11.8. The Bertz CT molecular complexity index is 1300. The Labute approximate surface area is 213 Å². The Morgan fingerprint density at radius 3 is 2.60 bits per heavy atom. The summed E-state index contributed by atoms with van der Waals surface area (Å²) in [5.74, 6) is 0.513. The third kappa shape index (κ3) is 6.59. The summed E-state index contributed by atoms with van der Waals surface area (Å²) in [6, 6.07) is 23.6. The zero-order chi connectivity index (χ0) is 24.6.